The lowest BCUT2D eigenvalue weighted by molar-refractivity contribution is 0.959. The number of nitrogens with zero attached hydrogens (tertiary/aromatic N) is 2. The number of nitroso groups, excluding NO2 is 1. The third-order valence-corrected chi connectivity index (χ3v) is 2.15. The van der Waals surface area contributed by atoms with E-state index in [-0.39, 0.29) is 0 Å². The molecule has 0 aliphatic rings. The summed E-state index contributed by atoms with van der Waals surface area (Å²) in [4.78, 5) is 14.5. The second kappa shape index (κ2) is 9.70. The molecule has 0 radical (unpaired) electrons. The van der Waals surface area contributed by atoms with E-state index in [1.54, 1.807) is 6.07 Å². The number of rotatable bonds is 5. The van der Waals surface area contributed by atoms with E-state index in [1.165, 1.54) is 11.8 Å². The summed E-state index contributed by atoms with van der Waals surface area (Å²) in [7, 11) is 0. The largest absolute Gasteiger partial charge is 0.254 e. The monoisotopic (exact) mass is 234 g/mol. The third kappa shape index (κ3) is 5.38. The van der Waals surface area contributed by atoms with Crippen molar-refractivity contribution < 1.29 is 0 Å². The Kier molecular flexibility index (Phi) is 8.84. The molecule has 0 saturated heterocycles. The Morgan fingerprint density at radius 3 is 2.47 bits per heavy atom. The van der Waals surface area contributed by atoms with E-state index in [1.807, 2.05) is 19.9 Å². The van der Waals surface area contributed by atoms with E-state index >= 15 is 0 Å². The second-order valence-electron chi connectivity index (χ2n) is 3.38. The Morgan fingerprint density at radius 2 is 2.06 bits per heavy atom. The summed E-state index contributed by atoms with van der Waals surface area (Å²) in [6.45, 7) is 8.25. The van der Waals surface area contributed by atoms with E-state index < -0.39 is 0 Å². The first-order chi connectivity index (χ1) is 8.31. The number of pyridine rings is 1. The molecule has 0 unspecified atom stereocenters. The van der Waals surface area contributed by atoms with Crippen molar-refractivity contribution in [3.8, 4) is 0 Å². The predicted molar refractivity (Wildman–Crippen MR) is 74.2 cm³/mol. The van der Waals surface area contributed by atoms with E-state index in [0.717, 1.165) is 25.0 Å². The van der Waals surface area contributed by atoms with Crippen LogP contribution < -0.4 is 0 Å². The summed E-state index contributed by atoms with van der Waals surface area (Å²) in [5.41, 5.74) is 2.58. The molecule has 0 bridgehead atoms. The lowest BCUT2D eigenvalue weighted by Crippen LogP contribution is -1.88. The van der Waals surface area contributed by atoms with Crippen molar-refractivity contribution in [1.29, 1.82) is 0 Å². The molecule has 0 atom stereocenters. The van der Waals surface area contributed by atoms with E-state index in [2.05, 4.69) is 30.1 Å². The van der Waals surface area contributed by atoms with Crippen LogP contribution in [0.15, 0.2) is 29.6 Å². The zero-order valence-corrected chi connectivity index (χ0v) is 11.2. The molecule has 0 amide bonds. The molecule has 1 rings (SSSR count). The van der Waals surface area contributed by atoms with Crippen molar-refractivity contribution in [1.82, 2.24) is 4.98 Å². The van der Waals surface area contributed by atoms with Gasteiger partial charge in [-0.3, -0.25) is 4.98 Å². The highest BCUT2D eigenvalue weighted by atomic mass is 16.3. The first-order valence-corrected chi connectivity index (χ1v) is 6.30. The van der Waals surface area contributed by atoms with Crippen LogP contribution in [0, 0.1) is 4.91 Å². The van der Waals surface area contributed by atoms with Gasteiger partial charge in [0.05, 0.1) is 11.9 Å². The summed E-state index contributed by atoms with van der Waals surface area (Å²) >= 11 is 0. The van der Waals surface area contributed by atoms with Crippen LogP contribution in [0.2, 0.25) is 0 Å². The quantitative estimate of drug-likeness (QED) is 0.665. The number of hydrogen-bond donors (Lipinski definition) is 0. The van der Waals surface area contributed by atoms with E-state index in [9.17, 15) is 4.91 Å². The molecule has 17 heavy (non-hydrogen) atoms. The average molecular weight is 234 g/mol. The SMILES string of the molecule is CC.CC/C=C(\CCC)c1ccc(N=O)cn1. The topological polar surface area (TPSA) is 42.3 Å². The van der Waals surface area contributed by atoms with Crippen LogP contribution in [0.5, 0.6) is 0 Å². The maximum Gasteiger partial charge on any atom is 0.126 e. The van der Waals surface area contributed by atoms with Gasteiger partial charge in [-0.2, -0.15) is 0 Å². The van der Waals surface area contributed by atoms with Crippen LogP contribution in [-0.4, -0.2) is 4.98 Å². The van der Waals surface area contributed by atoms with Crippen LogP contribution >= 0.6 is 0 Å². The van der Waals surface area contributed by atoms with E-state index in [4.69, 9.17) is 0 Å². The van der Waals surface area contributed by atoms with Crippen molar-refractivity contribution in [3.63, 3.8) is 0 Å². The zero-order valence-electron chi connectivity index (χ0n) is 11.2. The minimum Gasteiger partial charge on any atom is -0.254 e. The second-order valence-corrected chi connectivity index (χ2v) is 3.38. The molecule has 0 N–H and O–H groups in total. The fourth-order valence-electron chi connectivity index (χ4n) is 1.48. The highest BCUT2D eigenvalue weighted by Gasteiger charge is 2.01. The van der Waals surface area contributed by atoms with Crippen molar-refractivity contribution in [2.75, 3.05) is 0 Å². The van der Waals surface area contributed by atoms with Gasteiger partial charge in [-0.1, -0.05) is 40.2 Å². The van der Waals surface area contributed by atoms with Gasteiger partial charge in [0.1, 0.15) is 5.69 Å². The van der Waals surface area contributed by atoms with Crippen LogP contribution in [0.25, 0.3) is 5.57 Å². The van der Waals surface area contributed by atoms with Gasteiger partial charge in [0.25, 0.3) is 0 Å². The number of allylic oxidation sites excluding steroid dienone is 2. The fraction of sp³-hybridized carbons (Fsp3) is 0.500. The molecule has 1 aromatic rings. The standard InChI is InChI=1S/C12H16N2O.C2H6/c1-3-5-10(6-4-2)12-8-7-11(14-15)9-13-12;1-2/h5,7-9H,3-4,6H2,1-2H3;1-2H3/b10-5+;. The highest BCUT2D eigenvalue weighted by molar-refractivity contribution is 5.63. The fourth-order valence-corrected chi connectivity index (χ4v) is 1.48. The lowest BCUT2D eigenvalue weighted by Gasteiger charge is -2.04. The number of hydrogen-bond acceptors (Lipinski definition) is 3. The normalized spacial score (nSPS) is 10.5. The molecule has 3 nitrogen and oxygen atoms in total. The molecular formula is C14H22N2O. The van der Waals surface area contributed by atoms with Gasteiger partial charge in [0.2, 0.25) is 0 Å². The average Bonchev–Trinajstić information content (AvgIpc) is 2.41. The molecule has 0 aromatic carbocycles. The first kappa shape index (κ1) is 15.5. The van der Waals surface area contributed by atoms with Crippen LogP contribution in [0.4, 0.5) is 5.69 Å². The van der Waals surface area contributed by atoms with Gasteiger partial charge >= 0.3 is 0 Å². The highest BCUT2D eigenvalue weighted by Crippen LogP contribution is 2.20. The molecule has 94 valence electrons. The molecule has 0 spiro atoms. The van der Waals surface area contributed by atoms with Crippen molar-refractivity contribution in [3.05, 3.63) is 35.0 Å². The predicted octanol–water partition coefficient (Wildman–Crippen LogP) is 5.10. The smallest absolute Gasteiger partial charge is 0.126 e. The van der Waals surface area contributed by atoms with Crippen LogP contribution in [0.1, 0.15) is 52.7 Å². The van der Waals surface area contributed by atoms with Crippen molar-refractivity contribution >= 4 is 11.3 Å². The van der Waals surface area contributed by atoms with Crippen molar-refractivity contribution in [2.45, 2.75) is 47.0 Å². The summed E-state index contributed by atoms with van der Waals surface area (Å²) in [5.74, 6) is 0. The molecular weight excluding hydrogens is 212 g/mol. The van der Waals surface area contributed by atoms with Gasteiger partial charge in [0.15, 0.2) is 0 Å². The summed E-state index contributed by atoms with van der Waals surface area (Å²) in [6.07, 6.45) is 6.82. The Labute approximate surface area is 104 Å². The van der Waals surface area contributed by atoms with Gasteiger partial charge in [-0.05, 0) is 35.7 Å². The molecule has 1 aromatic heterocycles. The minimum absolute atomic E-state index is 0.381. The van der Waals surface area contributed by atoms with Gasteiger partial charge < -0.3 is 0 Å². The van der Waals surface area contributed by atoms with Gasteiger partial charge in [-0.15, -0.1) is 4.91 Å². The van der Waals surface area contributed by atoms with Crippen LogP contribution in [-0.2, 0) is 0 Å². The van der Waals surface area contributed by atoms with E-state index in [0.29, 0.717) is 5.69 Å². The molecule has 0 saturated carbocycles. The third-order valence-electron chi connectivity index (χ3n) is 2.15. The summed E-state index contributed by atoms with van der Waals surface area (Å²) < 4.78 is 0. The molecule has 0 aliphatic carbocycles. The molecule has 0 fully saturated rings. The zero-order chi connectivity index (χ0) is 13.1. The van der Waals surface area contributed by atoms with Gasteiger partial charge in [-0.25, -0.2) is 0 Å². The Balaban J connectivity index is 0.00000121. The maximum atomic E-state index is 10.2. The maximum absolute atomic E-state index is 10.2. The lowest BCUT2D eigenvalue weighted by atomic mass is 10.1. The summed E-state index contributed by atoms with van der Waals surface area (Å²) in [6, 6.07) is 3.56. The minimum atomic E-state index is 0.381. The Bertz CT molecular complexity index is 342. The molecule has 0 aliphatic heterocycles. The van der Waals surface area contributed by atoms with Crippen LogP contribution in [0.3, 0.4) is 0 Å². The number of aromatic nitrogens is 1. The molecule has 1 heterocycles. The molecule has 3 heteroatoms. The Morgan fingerprint density at radius 1 is 1.35 bits per heavy atom. The van der Waals surface area contributed by atoms with Crippen molar-refractivity contribution in [2.24, 2.45) is 5.18 Å². The van der Waals surface area contributed by atoms with Gasteiger partial charge in [0, 0.05) is 0 Å². The Hall–Kier alpha value is -1.51. The summed E-state index contributed by atoms with van der Waals surface area (Å²) in [5, 5.41) is 2.83. The first-order valence-electron chi connectivity index (χ1n) is 6.30.